The smallest absolute Gasteiger partial charge is 0.0913 e. The van der Waals surface area contributed by atoms with Crippen molar-refractivity contribution in [2.45, 2.75) is 19.5 Å². The fraction of sp³-hybridized carbons (Fsp3) is 1.00. The summed E-state index contributed by atoms with van der Waals surface area (Å²) in [5.74, 6) is 0. The second-order valence-corrected chi connectivity index (χ2v) is 3.87. The van der Waals surface area contributed by atoms with E-state index in [-0.39, 0.29) is 0 Å². The van der Waals surface area contributed by atoms with Crippen LogP contribution in [0, 0.1) is 0 Å². The van der Waals surface area contributed by atoms with Gasteiger partial charge in [-0.1, -0.05) is 6.92 Å². The average Bonchev–Trinajstić information content (AvgIpc) is 1.97. The molecule has 0 N–H and O–H groups in total. The summed E-state index contributed by atoms with van der Waals surface area (Å²) in [5, 5.41) is 6.43. The van der Waals surface area contributed by atoms with Gasteiger partial charge in [-0.3, -0.25) is 4.90 Å². The lowest BCUT2D eigenvalue weighted by Gasteiger charge is -2.42. The Hall–Kier alpha value is -0.160. The van der Waals surface area contributed by atoms with Crippen LogP contribution >= 0.6 is 0 Å². The van der Waals surface area contributed by atoms with E-state index in [4.69, 9.17) is 0 Å². The molecule has 1 atom stereocenters. The maximum atomic E-state index is 2.22. The van der Waals surface area contributed by atoms with Crippen LogP contribution in [0.15, 0.2) is 0 Å². The van der Waals surface area contributed by atoms with Gasteiger partial charge in [0.05, 0.1) is 6.17 Å². The molecule has 0 aliphatic rings. The minimum Gasteiger partial charge on any atom is -0.292 e. The molecule has 0 aliphatic carbocycles. The van der Waals surface area contributed by atoms with Gasteiger partial charge < -0.3 is 0 Å². The van der Waals surface area contributed by atoms with Crippen molar-refractivity contribution >= 4 is 0 Å². The maximum absolute atomic E-state index is 2.22. The van der Waals surface area contributed by atoms with E-state index in [1.165, 1.54) is 0 Å². The SMILES string of the molecule is CCC(N(C)C)N(N(C)C)N(C)C. The molecule has 4 heteroatoms. The third kappa shape index (κ3) is 3.60. The van der Waals surface area contributed by atoms with Crippen molar-refractivity contribution in [1.82, 2.24) is 20.0 Å². The van der Waals surface area contributed by atoms with Gasteiger partial charge in [-0.2, -0.15) is 5.12 Å². The predicted octanol–water partition coefficient (Wildman–Crippen LogP) is 0.539. The topological polar surface area (TPSA) is 13.0 Å². The van der Waals surface area contributed by atoms with E-state index in [2.05, 4.69) is 69.2 Å². The van der Waals surface area contributed by atoms with Gasteiger partial charge in [-0.25, -0.2) is 10.0 Å². The molecule has 0 aromatic rings. The van der Waals surface area contributed by atoms with E-state index in [1.54, 1.807) is 0 Å². The zero-order chi connectivity index (χ0) is 10.6. The molecule has 0 fully saturated rings. The van der Waals surface area contributed by atoms with Crippen molar-refractivity contribution in [3.05, 3.63) is 0 Å². The molecule has 80 valence electrons. The number of hydrogen-bond acceptors (Lipinski definition) is 4. The predicted molar refractivity (Wildman–Crippen MR) is 57.0 cm³/mol. The number of hydrazine groups is 2. The lowest BCUT2D eigenvalue weighted by molar-refractivity contribution is -0.197. The first-order chi connectivity index (χ1) is 5.91. The normalized spacial score (nSPS) is 15.0. The molecule has 4 nitrogen and oxygen atoms in total. The van der Waals surface area contributed by atoms with Gasteiger partial charge in [0.1, 0.15) is 0 Å². The molecule has 0 saturated carbocycles. The third-order valence-electron chi connectivity index (χ3n) is 2.05. The first kappa shape index (κ1) is 12.8. The number of nitrogens with zero attached hydrogens (tertiary/aromatic N) is 4. The van der Waals surface area contributed by atoms with E-state index < -0.39 is 0 Å². The zero-order valence-corrected chi connectivity index (χ0v) is 10.1. The van der Waals surface area contributed by atoms with Crippen molar-refractivity contribution in [3.8, 4) is 0 Å². The molecule has 0 amide bonds. The minimum atomic E-state index is 0.421. The first-order valence-electron chi connectivity index (χ1n) is 4.72. The van der Waals surface area contributed by atoms with Crippen LogP contribution in [0.4, 0.5) is 0 Å². The van der Waals surface area contributed by atoms with E-state index >= 15 is 0 Å². The summed E-state index contributed by atoms with van der Waals surface area (Å²) in [7, 11) is 12.5. The summed E-state index contributed by atoms with van der Waals surface area (Å²) in [6.07, 6.45) is 1.52. The van der Waals surface area contributed by atoms with Crippen molar-refractivity contribution in [2.75, 3.05) is 42.3 Å². The highest BCUT2D eigenvalue weighted by molar-refractivity contribution is 4.60. The Balaban J connectivity index is 4.49. The van der Waals surface area contributed by atoms with Gasteiger partial charge in [0, 0.05) is 28.2 Å². The van der Waals surface area contributed by atoms with Crippen LogP contribution in [0.3, 0.4) is 0 Å². The van der Waals surface area contributed by atoms with Crippen molar-refractivity contribution in [3.63, 3.8) is 0 Å². The fourth-order valence-electron chi connectivity index (χ4n) is 1.63. The van der Waals surface area contributed by atoms with Gasteiger partial charge >= 0.3 is 0 Å². The molecule has 0 aromatic carbocycles. The van der Waals surface area contributed by atoms with E-state index in [0.717, 1.165) is 6.42 Å². The van der Waals surface area contributed by atoms with Crippen LogP contribution in [-0.4, -0.2) is 68.5 Å². The van der Waals surface area contributed by atoms with Gasteiger partial charge in [-0.15, -0.1) is 0 Å². The maximum Gasteiger partial charge on any atom is 0.0913 e. The Morgan fingerprint density at radius 3 is 1.31 bits per heavy atom. The Bertz CT molecular complexity index is 126. The van der Waals surface area contributed by atoms with Crippen molar-refractivity contribution < 1.29 is 0 Å². The molecule has 0 aromatic heterocycles. The largest absolute Gasteiger partial charge is 0.292 e. The summed E-state index contributed by atoms with van der Waals surface area (Å²) in [5.41, 5.74) is 0. The summed E-state index contributed by atoms with van der Waals surface area (Å²) in [6.45, 7) is 2.20. The molecule has 13 heavy (non-hydrogen) atoms. The summed E-state index contributed by atoms with van der Waals surface area (Å²) < 4.78 is 0. The first-order valence-corrected chi connectivity index (χ1v) is 4.72. The lowest BCUT2D eigenvalue weighted by atomic mass is 10.3. The van der Waals surface area contributed by atoms with Crippen LogP contribution in [0.1, 0.15) is 13.3 Å². The number of hydrogen-bond donors (Lipinski definition) is 0. The quantitative estimate of drug-likeness (QED) is 0.461. The molecule has 1 unspecified atom stereocenters. The van der Waals surface area contributed by atoms with Crippen LogP contribution < -0.4 is 0 Å². The third-order valence-corrected chi connectivity index (χ3v) is 2.05. The number of rotatable bonds is 5. The molecule has 0 spiro atoms. The summed E-state index contributed by atoms with van der Waals surface area (Å²) in [4.78, 5) is 2.22. The monoisotopic (exact) mass is 188 g/mol. The zero-order valence-electron chi connectivity index (χ0n) is 10.1. The highest BCUT2D eigenvalue weighted by atomic mass is 15.9. The van der Waals surface area contributed by atoms with Crippen LogP contribution in [0.25, 0.3) is 0 Å². The molecule has 0 saturated heterocycles. The standard InChI is InChI=1S/C9H24N4/c1-8-9(10(2)3)13(11(4)5)12(6)7/h9H,8H2,1-7H3. The molecule has 0 heterocycles. The molecular weight excluding hydrogens is 164 g/mol. The highest BCUT2D eigenvalue weighted by Crippen LogP contribution is 2.09. The second-order valence-electron chi connectivity index (χ2n) is 3.87. The van der Waals surface area contributed by atoms with Gasteiger partial charge in [0.2, 0.25) is 0 Å². The molecule has 0 aliphatic heterocycles. The highest BCUT2D eigenvalue weighted by Gasteiger charge is 2.22. The molecular formula is C9H24N4. The van der Waals surface area contributed by atoms with E-state index in [1.807, 2.05) is 0 Å². The summed E-state index contributed by atoms with van der Waals surface area (Å²) in [6, 6.07) is 0. The molecule has 0 rings (SSSR count). The molecule has 0 radical (unpaired) electrons. The van der Waals surface area contributed by atoms with Crippen molar-refractivity contribution in [1.29, 1.82) is 0 Å². The van der Waals surface area contributed by atoms with Gasteiger partial charge in [0.15, 0.2) is 0 Å². The van der Waals surface area contributed by atoms with Gasteiger partial charge in [-0.05, 0) is 20.5 Å². The average molecular weight is 188 g/mol. The van der Waals surface area contributed by atoms with Crippen LogP contribution in [0.5, 0.6) is 0 Å². The Labute approximate surface area is 82.6 Å². The minimum absolute atomic E-state index is 0.421. The van der Waals surface area contributed by atoms with Crippen LogP contribution in [0.2, 0.25) is 0 Å². The van der Waals surface area contributed by atoms with Crippen molar-refractivity contribution in [2.24, 2.45) is 0 Å². The Kier molecular flexibility index (Phi) is 5.48. The van der Waals surface area contributed by atoms with E-state index in [9.17, 15) is 0 Å². The van der Waals surface area contributed by atoms with E-state index in [0.29, 0.717) is 6.17 Å². The fourth-order valence-corrected chi connectivity index (χ4v) is 1.63. The van der Waals surface area contributed by atoms with Crippen LogP contribution in [-0.2, 0) is 0 Å². The second kappa shape index (κ2) is 5.54. The molecule has 0 bridgehead atoms. The van der Waals surface area contributed by atoms with Gasteiger partial charge in [0.25, 0.3) is 0 Å². The Morgan fingerprint density at radius 2 is 1.23 bits per heavy atom. The summed E-state index contributed by atoms with van der Waals surface area (Å²) >= 11 is 0. The lowest BCUT2D eigenvalue weighted by Crippen LogP contribution is -2.56. The Morgan fingerprint density at radius 1 is 0.846 bits per heavy atom.